The van der Waals surface area contributed by atoms with Crippen LogP contribution in [0.4, 0.5) is 0 Å². The van der Waals surface area contributed by atoms with Crippen molar-refractivity contribution in [2.24, 2.45) is 0 Å². The number of aliphatic hydroxyl groups excluding tert-OH is 1. The van der Waals surface area contributed by atoms with Gasteiger partial charge >= 0.3 is 0 Å². The summed E-state index contributed by atoms with van der Waals surface area (Å²) >= 11 is 0.955. The van der Waals surface area contributed by atoms with Crippen LogP contribution in [0.2, 0.25) is 0 Å². The van der Waals surface area contributed by atoms with Gasteiger partial charge in [0.15, 0.2) is 14.0 Å². The van der Waals surface area contributed by atoms with E-state index in [-0.39, 0.29) is 16.7 Å². The summed E-state index contributed by atoms with van der Waals surface area (Å²) in [6.07, 6.45) is 3.10. The number of hydrogen-bond donors (Lipinski definition) is 1. The molecule has 0 bridgehead atoms. The summed E-state index contributed by atoms with van der Waals surface area (Å²) in [5, 5.41) is 13.6. The van der Waals surface area contributed by atoms with Gasteiger partial charge in [-0.05, 0) is 37.1 Å². The zero-order valence-corrected chi connectivity index (χ0v) is 16.5. The number of sulfone groups is 1. The van der Waals surface area contributed by atoms with Crippen molar-refractivity contribution in [1.82, 2.24) is 14.5 Å². The zero-order chi connectivity index (χ0) is 18.7. The molecule has 1 saturated heterocycles. The number of nitrogens with zero attached hydrogens (tertiary/aromatic N) is 3. The minimum atomic E-state index is -3.30. The Morgan fingerprint density at radius 2 is 2.23 bits per heavy atom. The summed E-state index contributed by atoms with van der Waals surface area (Å²) in [6.45, 7) is 2.36. The first-order valence-electron chi connectivity index (χ1n) is 8.43. The Bertz CT molecular complexity index is 867. The lowest BCUT2D eigenvalue weighted by Gasteiger charge is -2.32. The number of benzene rings is 1. The molecular weight excluding hydrogens is 374 g/mol. The molecule has 26 heavy (non-hydrogen) atoms. The monoisotopic (exact) mass is 397 g/mol. The van der Waals surface area contributed by atoms with Crippen molar-refractivity contribution in [3.05, 3.63) is 35.0 Å². The second kappa shape index (κ2) is 7.99. The molecule has 0 spiro atoms. The molecule has 142 valence electrons. The van der Waals surface area contributed by atoms with Crippen LogP contribution in [0.3, 0.4) is 0 Å². The fraction of sp³-hybridized carbons (Fsp3) is 0.529. The molecule has 7 nitrogen and oxygen atoms in total. The minimum Gasteiger partial charge on any atom is -0.496 e. The van der Waals surface area contributed by atoms with Crippen molar-refractivity contribution in [3.63, 3.8) is 0 Å². The first-order valence-corrected chi connectivity index (χ1v) is 11.1. The summed E-state index contributed by atoms with van der Waals surface area (Å²) < 4.78 is 33.3. The van der Waals surface area contributed by atoms with Gasteiger partial charge in [0.2, 0.25) is 0 Å². The van der Waals surface area contributed by atoms with Gasteiger partial charge in [0, 0.05) is 42.4 Å². The molecule has 1 N–H and O–H groups in total. The largest absolute Gasteiger partial charge is 0.496 e. The van der Waals surface area contributed by atoms with Gasteiger partial charge in [-0.2, -0.15) is 0 Å². The Balaban J connectivity index is 1.75. The maximum atomic E-state index is 11.9. The van der Waals surface area contributed by atoms with Crippen molar-refractivity contribution >= 4 is 21.4 Å². The molecule has 1 aliphatic heterocycles. The average molecular weight is 398 g/mol. The normalized spacial score (nSPS) is 18.8. The van der Waals surface area contributed by atoms with Crippen LogP contribution in [0.1, 0.15) is 35.6 Å². The van der Waals surface area contributed by atoms with Gasteiger partial charge < -0.3 is 9.84 Å². The average Bonchev–Trinajstić information content (AvgIpc) is 3.12. The van der Waals surface area contributed by atoms with Crippen LogP contribution in [0.15, 0.2) is 22.4 Å². The fourth-order valence-corrected chi connectivity index (χ4v) is 5.16. The highest BCUT2D eigenvalue weighted by atomic mass is 32.2. The van der Waals surface area contributed by atoms with E-state index >= 15 is 0 Å². The summed E-state index contributed by atoms with van der Waals surface area (Å²) in [7, 11) is -1.71. The van der Waals surface area contributed by atoms with Crippen LogP contribution in [0.5, 0.6) is 5.75 Å². The van der Waals surface area contributed by atoms with E-state index < -0.39 is 9.84 Å². The first-order chi connectivity index (χ1) is 12.4. The fourth-order valence-electron chi connectivity index (χ4n) is 3.43. The van der Waals surface area contributed by atoms with E-state index in [1.54, 1.807) is 7.11 Å². The molecule has 0 unspecified atom stereocenters. The van der Waals surface area contributed by atoms with E-state index in [0.717, 1.165) is 55.1 Å². The minimum absolute atomic E-state index is 0.0676. The van der Waals surface area contributed by atoms with Gasteiger partial charge in [0.1, 0.15) is 5.75 Å². The highest BCUT2D eigenvalue weighted by molar-refractivity contribution is 7.92. The SMILES string of the molecule is COc1ccc(CN2CCC[C@@H](c3nnsc3S(C)(=O)=O)C2)cc1CO. The third kappa shape index (κ3) is 4.22. The van der Waals surface area contributed by atoms with Crippen molar-refractivity contribution in [2.75, 3.05) is 26.5 Å². The number of ether oxygens (including phenoxy) is 1. The van der Waals surface area contributed by atoms with Crippen molar-refractivity contribution in [3.8, 4) is 5.75 Å². The maximum absolute atomic E-state index is 11.9. The smallest absolute Gasteiger partial charge is 0.188 e. The lowest BCUT2D eigenvalue weighted by molar-refractivity contribution is 0.197. The van der Waals surface area contributed by atoms with Crippen molar-refractivity contribution < 1.29 is 18.3 Å². The molecule has 0 amide bonds. The van der Waals surface area contributed by atoms with Crippen LogP contribution in [-0.4, -0.2) is 54.5 Å². The molecule has 0 saturated carbocycles. The molecule has 9 heteroatoms. The highest BCUT2D eigenvalue weighted by Gasteiger charge is 2.29. The van der Waals surface area contributed by atoms with E-state index in [4.69, 9.17) is 4.74 Å². The molecule has 3 rings (SSSR count). The van der Waals surface area contributed by atoms with E-state index in [1.807, 2.05) is 18.2 Å². The summed E-state index contributed by atoms with van der Waals surface area (Å²) in [4.78, 5) is 2.29. The second-order valence-corrected chi connectivity index (χ2v) is 9.56. The molecule has 1 aliphatic rings. The Kier molecular flexibility index (Phi) is 5.91. The molecule has 2 heterocycles. The Morgan fingerprint density at radius 1 is 1.42 bits per heavy atom. The second-order valence-electron chi connectivity index (χ2n) is 6.60. The Morgan fingerprint density at radius 3 is 2.92 bits per heavy atom. The van der Waals surface area contributed by atoms with Crippen molar-refractivity contribution in [2.45, 2.75) is 36.1 Å². The molecule has 1 aromatic carbocycles. The quantitative estimate of drug-likeness (QED) is 0.795. The molecule has 1 fully saturated rings. The van der Waals surface area contributed by atoms with Gasteiger partial charge in [-0.1, -0.05) is 10.6 Å². The van der Waals surface area contributed by atoms with E-state index in [0.29, 0.717) is 11.4 Å². The van der Waals surface area contributed by atoms with Crippen LogP contribution in [0.25, 0.3) is 0 Å². The Labute approximate surface area is 157 Å². The van der Waals surface area contributed by atoms with Crippen LogP contribution in [-0.2, 0) is 23.0 Å². The number of likely N-dealkylation sites (tertiary alicyclic amines) is 1. The summed E-state index contributed by atoms with van der Waals surface area (Å²) in [6, 6.07) is 5.82. The third-order valence-corrected chi connectivity index (χ3v) is 7.18. The van der Waals surface area contributed by atoms with Gasteiger partial charge in [-0.15, -0.1) is 5.10 Å². The first kappa shape index (κ1) is 19.2. The van der Waals surface area contributed by atoms with E-state index in [9.17, 15) is 13.5 Å². The topological polar surface area (TPSA) is 92.6 Å². The number of aromatic nitrogens is 2. The molecule has 2 aromatic rings. The number of piperidine rings is 1. The van der Waals surface area contributed by atoms with E-state index in [2.05, 4.69) is 14.5 Å². The molecule has 1 aromatic heterocycles. The standard InChI is InChI=1S/C17H23N3O4S2/c1-24-15-6-5-12(8-14(15)11-21)9-20-7-3-4-13(10-20)16-17(25-19-18-16)26(2,22)23/h5-6,8,13,21H,3-4,7,9-11H2,1-2H3/t13-/m1/s1. The summed E-state index contributed by atoms with van der Waals surface area (Å²) in [5.74, 6) is 0.752. The summed E-state index contributed by atoms with van der Waals surface area (Å²) in [5.41, 5.74) is 2.46. The number of hydrogen-bond acceptors (Lipinski definition) is 8. The predicted molar refractivity (Wildman–Crippen MR) is 99.2 cm³/mol. The molecular formula is C17H23N3O4S2. The van der Waals surface area contributed by atoms with Crippen molar-refractivity contribution in [1.29, 1.82) is 0 Å². The van der Waals surface area contributed by atoms with E-state index in [1.165, 1.54) is 6.26 Å². The lowest BCUT2D eigenvalue weighted by Crippen LogP contribution is -2.34. The maximum Gasteiger partial charge on any atom is 0.188 e. The predicted octanol–water partition coefficient (Wildman–Crippen LogP) is 1.82. The van der Waals surface area contributed by atoms with Crippen LogP contribution in [0, 0.1) is 0 Å². The van der Waals surface area contributed by atoms with Crippen LogP contribution < -0.4 is 4.74 Å². The molecule has 1 atom stereocenters. The number of methoxy groups -OCH3 is 1. The van der Waals surface area contributed by atoms with Gasteiger partial charge in [-0.3, -0.25) is 4.90 Å². The molecule has 0 radical (unpaired) electrons. The highest BCUT2D eigenvalue weighted by Crippen LogP contribution is 2.32. The number of aliphatic hydroxyl groups is 1. The lowest BCUT2D eigenvalue weighted by atomic mass is 9.95. The number of rotatable bonds is 6. The Hall–Kier alpha value is -1.55. The van der Waals surface area contributed by atoms with Gasteiger partial charge in [-0.25, -0.2) is 8.42 Å². The molecule has 0 aliphatic carbocycles. The van der Waals surface area contributed by atoms with Crippen LogP contribution >= 0.6 is 11.5 Å². The zero-order valence-electron chi connectivity index (χ0n) is 14.9. The van der Waals surface area contributed by atoms with Gasteiger partial charge in [0.05, 0.1) is 19.4 Å². The van der Waals surface area contributed by atoms with Gasteiger partial charge in [0.25, 0.3) is 0 Å². The third-order valence-electron chi connectivity index (χ3n) is 4.63.